The van der Waals surface area contributed by atoms with Crippen LogP contribution in [-0.4, -0.2) is 16.8 Å². The molecule has 2 nitrogen and oxygen atoms in total. The molecule has 0 radical (unpaired) electrons. The quantitative estimate of drug-likeness (QED) is 0.517. The van der Waals surface area contributed by atoms with Crippen molar-refractivity contribution in [2.45, 2.75) is 6.54 Å². The minimum Gasteiger partial charge on any atom is -0.307 e. The molecular weight excluding hydrogens is 170 g/mol. The largest absolute Gasteiger partial charge is 0.307 e. The van der Waals surface area contributed by atoms with Gasteiger partial charge < -0.3 is 4.90 Å². The van der Waals surface area contributed by atoms with E-state index in [4.69, 9.17) is 0 Å². The highest BCUT2D eigenvalue weighted by Crippen LogP contribution is 2.00. The number of hydrogen-bond acceptors (Lipinski definition) is 2. The van der Waals surface area contributed by atoms with Crippen molar-refractivity contribution < 1.29 is 4.79 Å². The van der Waals surface area contributed by atoms with Crippen LogP contribution in [-0.2, 0) is 11.3 Å². The first kappa shape index (κ1) is 8.87. The van der Waals surface area contributed by atoms with E-state index in [9.17, 15) is 4.79 Å². The zero-order chi connectivity index (χ0) is 8.81. The molecule has 1 aromatic carbocycles. The topological polar surface area (TPSA) is 20.3 Å². The summed E-state index contributed by atoms with van der Waals surface area (Å²) >= 11 is 4.64. The molecule has 0 aliphatic heterocycles. The average Bonchev–Trinajstić information content (AvgIpc) is 2.16. The van der Waals surface area contributed by atoms with Gasteiger partial charge in [0.1, 0.15) is 0 Å². The molecule has 0 aromatic heterocycles. The van der Waals surface area contributed by atoms with Crippen LogP contribution in [0.25, 0.3) is 0 Å². The summed E-state index contributed by atoms with van der Waals surface area (Å²) in [6, 6.07) is 9.71. The van der Waals surface area contributed by atoms with Crippen LogP contribution in [0.2, 0.25) is 0 Å². The summed E-state index contributed by atoms with van der Waals surface area (Å²) in [5.74, 6) is 0. The predicted molar refractivity (Wildman–Crippen MR) is 51.7 cm³/mol. The molecule has 0 unspecified atom stereocenters. The van der Waals surface area contributed by atoms with E-state index in [-0.39, 0.29) is 0 Å². The van der Waals surface area contributed by atoms with Gasteiger partial charge >= 0.3 is 0 Å². The highest BCUT2D eigenvalue weighted by atomic mass is 32.1. The van der Waals surface area contributed by atoms with Crippen LogP contribution in [0.3, 0.4) is 0 Å². The number of hydrogen-bond donors (Lipinski definition) is 0. The van der Waals surface area contributed by atoms with E-state index in [2.05, 4.69) is 12.2 Å². The second-order valence-corrected chi connectivity index (χ2v) is 2.58. The lowest BCUT2D eigenvalue weighted by Crippen LogP contribution is -2.17. The summed E-state index contributed by atoms with van der Waals surface area (Å²) in [4.78, 5) is 11.8. The van der Waals surface area contributed by atoms with Crippen LogP contribution in [0.15, 0.2) is 30.3 Å². The summed E-state index contributed by atoms with van der Waals surface area (Å²) in [5, 5.41) is 0. The summed E-state index contributed by atoms with van der Waals surface area (Å²) in [5.41, 5.74) is 2.42. The van der Waals surface area contributed by atoms with Gasteiger partial charge in [-0.25, -0.2) is 0 Å². The van der Waals surface area contributed by atoms with E-state index in [1.54, 1.807) is 0 Å². The Hall–Kier alpha value is -1.22. The number of thiocarbonyl (C=S) groups is 1. The molecule has 12 heavy (non-hydrogen) atoms. The zero-order valence-corrected chi connectivity index (χ0v) is 7.33. The Kier molecular flexibility index (Phi) is 3.41. The van der Waals surface area contributed by atoms with Gasteiger partial charge in [-0.15, -0.1) is 0 Å². The van der Waals surface area contributed by atoms with Gasteiger partial charge in [0.05, 0.1) is 12.0 Å². The zero-order valence-electron chi connectivity index (χ0n) is 6.51. The predicted octanol–water partition coefficient (Wildman–Crippen LogP) is 1.60. The first-order valence-corrected chi connectivity index (χ1v) is 4.04. The minimum absolute atomic E-state index is 0.549. The lowest BCUT2D eigenvalue weighted by atomic mass is 10.2. The van der Waals surface area contributed by atoms with Crippen LogP contribution in [0.1, 0.15) is 5.56 Å². The Morgan fingerprint density at radius 3 is 2.50 bits per heavy atom. The van der Waals surface area contributed by atoms with Crippen molar-refractivity contribution in [3.05, 3.63) is 35.9 Å². The van der Waals surface area contributed by atoms with Gasteiger partial charge in [0, 0.05) is 0 Å². The highest BCUT2D eigenvalue weighted by Gasteiger charge is 1.96. The number of carbonyl (C=O) groups excluding carboxylic acids is 1. The molecule has 1 rings (SSSR count). The van der Waals surface area contributed by atoms with Gasteiger partial charge in [-0.3, -0.25) is 4.79 Å². The summed E-state index contributed by atoms with van der Waals surface area (Å²) in [7, 11) is 0. The Bertz CT molecular complexity index is 252. The molecule has 1 aromatic rings. The van der Waals surface area contributed by atoms with Crippen molar-refractivity contribution in [2.24, 2.45) is 0 Å². The second-order valence-electron chi connectivity index (χ2n) is 2.37. The molecule has 0 heterocycles. The van der Waals surface area contributed by atoms with Crippen molar-refractivity contribution in [3.8, 4) is 0 Å². The van der Waals surface area contributed by atoms with Crippen LogP contribution in [0.4, 0.5) is 0 Å². The third-order valence-electron chi connectivity index (χ3n) is 1.48. The van der Waals surface area contributed by atoms with Gasteiger partial charge in [0.2, 0.25) is 6.41 Å². The van der Waals surface area contributed by atoms with E-state index < -0.39 is 0 Å². The SMILES string of the molecule is O=CN(C=S)Cc1ccccc1. The molecule has 1 amide bonds. The fraction of sp³-hybridized carbons (Fsp3) is 0.111. The van der Waals surface area contributed by atoms with E-state index in [0.29, 0.717) is 6.54 Å². The van der Waals surface area contributed by atoms with E-state index in [1.807, 2.05) is 30.3 Å². The number of rotatable bonds is 4. The number of carbonyl (C=O) groups is 1. The van der Waals surface area contributed by atoms with Crippen LogP contribution >= 0.6 is 12.2 Å². The van der Waals surface area contributed by atoms with Crippen LogP contribution < -0.4 is 0 Å². The van der Waals surface area contributed by atoms with Crippen molar-refractivity contribution in [2.75, 3.05) is 0 Å². The first-order chi connectivity index (χ1) is 5.86. The molecule has 0 fully saturated rings. The Morgan fingerprint density at radius 2 is 2.00 bits per heavy atom. The van der Waals surface area contributed by atoms with Gasteiger partial charge in [0.25, 0.3) is 0 Å². The Morgan fingerprint density at radius 1 is 1.33 bits per heavy atom. The third kappa shape index (κ3) is 2.43. The van der Waals surface area contributed by atoms with Crippen LogP contribution in [0.5, 0.6) is 0 Å². The Balaban J connectivity index is 2.62. The number of amides is 1. The molecule has 0 N–H and O–H groups in total. The molecule has 0 saturated heterocycles. The van der Waals surface area contributed by atoms with E-state index in [1.165, 1.54) is 10.4 Å². The Labute approximate surface area is 76.8 Å². The molecule has 0 atom stereocenters. The molecule has 62 valence electrons. The van der Waals surface area contributed by atoms with Crippen molar-refractivity contribution in [1.29, 1.82) is 0 Å². The van der Waals surface area contributed by atoms with Gasteiger partial charge in [-0.2, -0.15) is 0 Å². The third-order valence-corrected chi connectivity index (χ3v) is 1.75. The molecule has 0 saturated carbocycles. The lowest BCUT2D eigenvalue weighted by molar-refractivity contribution is -0.114. The van der Waals surface area contributed by atoms with Crippen molar-refractivity contribution in [3.63, 3.8) is 0 Å². The maximum absolute atomic E-state index is 10.4. The van der Waals surface area contributed by atoms with E-state index >= 15 is 0 Å². The molecule has 0 spiro atoms. The summed E-state index contributed by atoms with van der Waals surface area (Å²) in [6.45, 7) is 0.549. The highest BCUT2D eigenvalue weighted by molar-refractivity contribution is 7.78. The number of benzene rings is 1. The molecule has 0 bridgehead atoms. The molecule has 0 aliphatic rings. The lowest BCUT2D eigenvalue weighted by Gasteiger charge is -2.09. The van der Waals surface area contributed by atoms with Gasteiger partial charge in [-0.05, 0) is 5.56 Å². The number of nitrogens with zero attached hydrogens (tertiary/aromatic N) is 1. The average molecular weight is 179 g/mol. The fourth-order valence-corrected chi connectivity index (χ4v) is 1.02. The maximum atomic E-state index is 10.4. The second kappa shape index (κ2) is 4.62. The smallest absolute Gasteiger partial charge is 0.214 e. The maximum Gasteiger partial charge on any atom is 0.214 e. The fourth-order valence-electron chi connectivity index (χ4n) is 0.894. The van der Waals surface area contributed by atoms with Crippen molar-refractivity contribution >= 4 is 24.1 Å². The van der Waals surface area contributed by atoms with Gasteiger partial charge in [0.15, 0.2) is 0 Å². The first-order valence-electron chi connectivity index (χ1n) is 3.57. The molecular formula is C9H9NOS. The molecule has 3 heteroatoms. The standard InChI is InChI=1S/C9H9NOS/c11-7-10(8-12)6-9-4-2-1-3-5-9/h1-5,7-8H,6H2. The van der Waals surface area contributed by atoms with Crippen molar-refractivity contribution in [1.82, 2.24) is 4.90 Å². The monoisotopic (exact) mass is 179 g/mol. The summed E-state index contributed by atoms with van der Waals surface area (Å²) < 4.78 is 0. The normalized spacial score (nSPS) is 9.00. The minimum atomic E-state index is 0.549. The summed E-state index contributed by atoms with van der Waals surface area (Å²) in [6.07, 6.45) is 0.722. The van der Waals surface area contributed by atoms with Crippen LogP contribution in [0, 0.1) is 0 Å². The van der Waals surface area contributed by atoms with Gasteiger partial charge in [-0.1, -0.05) is 42.5 Å². The molecule has 0 aliphatic carbocycles. The van der Waals surface area contributed by atoms with E-state index in [0.717, 1.165) is 12.0 Å².